The number of aliphatic carboxylic acids is 1. The van der Waals surface area contributed by atoms with Gasteiger partial charge in [0.15, 0.2) is 5.92 Å². The van der Waals surface area contributed by atoms with Crippen LogP contribution < -0.4 is 5.32 Å². The minimum absolute atomic E-state index is 0.400. The first-order valence-electron chi connectivity index (χ1n) is 5.25. The number of pyridine rings is 1. The van der Waals surface area contributed by atoms with Crippen LogP contribution in [-0.4, -0.2) is 28.8 Å². The summed E-state index contributed by atoms with van der Waals surface area (Å²) in [5.74, 6) is -4.29. The molecule has 0 aliphatic heterocycles. The first-order valence-corrected chi connectivity index (χ1v) is 5.25. The SMILES string of the molecule is CC(NCC(C(=O)O)C(F)(F)F)c1cccnc1. The zero-order valence-electron chi connectivity index (χ0n) is 9.61. The molecule has 100 valence electrons. The van der Waals surface area contributed by atoms with E-state index >= 15 is 0 Å². The zero-order valence-corrected chi connectivity index (χ0v) is 9.61. The summed E-state index contributed by atoms with van der Waals surface area (Å²) in [5, 5.41) is 11.1. The number of halogens is 3. The van der Waals surface area contributed by atoms with Gasteiger partial charge in [0, 0.05) is 25.0 Å². The predicted octanol–water partition coefficient (Wildman–Crippen LogP) is 2.00. The summed E-state index contributed by atoms with van der Waals surface area (Å²) in [6, 6.07) is 2.96. The van der Waals surface area contributed by atoms with E-state index in [1.807, 2.05) is 0 Å². The normalized spacial score (nSPS) is 15.1. The first-order chi connectivity index (χ1) is 8.32. The lowest BCUT2D eigenvalue weighted by Crippen LogP contribution is -2.39. The Morgan fingerprint density at radius 1 is 1.56 bits per heavy atom. The molecular weight excluding hydrogens is 249 g/mol. The Bertz CT molecular complexity index is 395. The van der Waals surface area contributed by atoms with Gasteiger partial charge in [-0.2, -0.15) is 13.2 Å². The molecular formula is C11H13F3N2O2. The van der Waals surface area contributed by atoms with E-state index in [9.17, 15) is 18.0 Å². The average molecular weight is 262 g/mol. The van der Waals surface area contributed by atoms with Gasteiger partial charge in [0.2, 0.25) is 0 Å². The van der Waals surface area contributed by atoms with Crippen molar-refractivity contribution < 1.29 is 23.1 Å². The highest BCUT2D eigenvalue weighted by molar-refractivity contribution is 5.71. The van der Waals surface area contributed by atoms with Crippen molar-refractivity contribution in [1.82, 2.24) is 10.3 Å². The van der Waals surface area contributed by atoms with Crippen molar-refractivity contribution in [2.75, 3.05) is 6.54 Å². The van der Waals surface area contributed by atoms with Crippen LogP contribution in [0.3, 0.4) is 0 Å². The van der Waals surface area contributed by atoms with E-state index in [2.05, 4.69) is 10.3 Å². The molecule has 0 saturated carbocycles. The Hall–Kier alpha value is -1.63. The Morgan fingerprint density at radius 2 is 2.22 bits per heavy atom. The molecule has 0 aliphatic carbocycles. The number of carbonyl (C=O) groups is 1. The fourth-order valence-corrected chi connectivity index (χ4v) is 1.39. The lowest BCUT2D eigenvalue weighted by molar-refractivity contribution is -0.192. The van der Waals surface area contributed by atoms with Crippen molar-refractivity contribution in [2.24, 2.45) is 5.92 Å². The van der Waals surface area contributed by atoms with Crippen LogP contribution in [0.25, 0.3) is 0 Å². The first kappa shape index (κ1) is 14.4. The van der Waals surface area contributed by atoms with Gasteiger partial charge in [-0.25, -0.2) is 0 Å². The van der Waals surface area contributed by atoms with Gasteiger partial charge in [-0.15, -0.1) is 0 Å². The molecule has 1 aromatic rings. The number of aromatic nitrogens is 1. The van der Waals surface area contributed by atoms with Crippen LogP contribution in [0.4, 0.5) is 13.2 Å². The van der Waals surface area contributed by atoms with Gasteiger partial charge >= 0.3 is 12.1 Å². The van der Waals surface area contributed by atoms with E-state index in [0.717, 1.165) is 0 Å². The summed E-state index contributed by atoms with van der Waals surface area (Å²) in [6.07, 6.45) is -1.69. The van der Waals surface area contributed by atoms with Crippen LogP contribution in [0, 0.1) is 5.92 Å². The largest absolute Gasteiger partial charge is 0.481 e. The molecule has 0 aromatic carbocycles. The summed E-state index contributed by atoms with van der Waals surface area (Å²) in [5.41, 5.74) is 0.698. The number of carboxylic acid groups (broad SMARTS) is 1. The monoisotopic (exact) mass is 262 g/mol. The molecule has 0 fully saturated rings. The second-order valence-corrected chi connectivity index (χ2v) is 3.85. The fourth-order valence-electron chi connectivity index (χ4n) is 1.39. The topological polar surface area (TPSA) is 62.2 Å². The Kier molecular flexibility index (Phi) is 4.66. The molecule has 0 bridgehead atoms. The number of hydrogen-bond donors (Lipinski definition) is 2. The van der Waals surface area contributed by atoms with Crippen molar-refractivity contribution in [1.29, 1.82) is 0 Å². The minimum Gasteiger partial charge on any atom is -0.481 e. The molecule has 0 saturated heterocycles. The van der Waals surface area contributed by atoms with Gasteiger partial charge in [-0.3, -0.25) is 9.78 Å². The highest BCUT2D eigenvalue weighted by atomic mass is 19.4. The highest BCUT2D eigenvalue weighted by Gasteiger charge is 2.44. The minimum atomic E-state index is -4.76. The third kappa shape index (κ3) is 3.99. The number of rotatable bonds is 5. The van der Waals surface area contributed by atoms with Gasteiger partial charge in [-0.05, 0) is 18.6 Å². The quantitative estimate of drug-likeness (QED) is 0.852. The molecule has 1 heterocycles. The van der Waals surface area contributed by atoms with Gasteiger partial charge in [-0.1, -0.05) is 6.07 Å². The summed E-state index contributed by atoms with van der Waals surface area (Å²) in [6.45, 7) is 0.973. The summed E-state index contributed by atoms with van der Waals surface area (Å²) in [7, 11) is 0. The molecule has 1 rings (SSSR count). The summed E-state index contributed by atoms with van der Waals surface area (Å²) in [4.78, 5) is 14.4. The number of nitrogens with zero attached hydrogens (tertiary/aromatic N) is 1. The fraction of sp³-hybridized carbons (Fsp3) is 0.455. The number of alkyl halides is 3. The van der Waals surface area contributed by atoms with Crippen LogP contribution in [0.1, 0.15) is 18.5 Å². The molecule has 18 heavy (non-hydrogen) atoms. The van der Waals surface area contributed by atoms with Gasteiger partial charge in [0.25, 0.3) is 0 Å². The molecule has 0 aliphatic rings. The Balaban J connectivity index is 2.61. The average Bonchev–Trinajstić information content (AvgIpc) is 2.28. The molecule has 0 radical (unpaired) electrons. The second kappa shape index (κ2) is 5.81. The van der Waals surface area contributed by atoms with Crippen molar-refractivity contribution in [2.45, 2.75) is 19.1 Å². The van der Waals surface area contributed by atoms with E-state index < -0.39 is 30.7 Å². The summed E-state index contributed by atoms with van der Waals surface area (Å²) < 4.78 is 37.2. The maximum Gasteiger partial charge on any atom is 0.403 e. The van der Waals surface area contributed by atoms with E-state index in [4.69, 9.17) is 5.11 Å². The van der Waals surface area contributed by atoms with Crippen LogP contribution in [0.2, 0.25) is 0 Å². The van der Waals surface area contributed by atoms with E-state index in [0.29, 0.717) is 5.56 Å². The lowest BCUT2D eigenvalue weighted by atomic mass is 10.1. The highest BCUT2D eigenvalue weighted by Crippen LogP contribution is 2.26. The molecule has 2 atom stereocenters. The number of hydrogen-bond acceptors (Lipinski definition) is 3. The summed E-state index contributed by atoms with van der Waals surface area (Å²) >= 11 is 0. The van der Waals surface area contributed by atoms with Crippen molar-refractivity contribution in [3.05, 3.63) is 30.1 Å². The molecule has 0 spiro atoms. The molecule has 7 heteroatoms. The predicted molar refractivity (Wildman–Crippen MR) is 57.8 cm³/mol. The van der Waals surface area contributed by atoms with E-state index in [1.54, 1.807) is 25.3 Å². The van der Waals surface area contributed by atoms with Gasteiger partial charge < -0.3 is 10.4 Å². The second-order valence-electron chi connectivity index (χ2n) is 3.85. The third-order valence-corrected chi connectivity index (χ3v) is 2.51. The van der Waals surface area contributed by atoms with E-state index in [-0.39, 0.29) is 0 Å². The van der Waals surface area contributed by atoms with Gasteiger partial charge in [0.05, 0.1) is 0 Å². The van der Waals surface area contributed by atoms with Crippen LogP contribution >= 0.6 is 0 Å². The van der Waals surface area contributed by atoms with Crippen molar-refractivity contribution in [3.63, 3.8) is 0 Å². The van der Waals surface area contributed by atoms with Crippen LogP contribution in [0.15, 0.2) is 24.5 Å². The number of nitrogens with one attached hydrogen (secondary N) is 1. The molecule has 4 nitrogen and oxygen atoms in total. The number of carboxylic acids is 1. The Labute approximate surface area is 102 Å². The van der Waals surface area contributed by atoms with Crippen molar-refractivity contribution >= 4 is 5.97 Å². The molecule has 2 unspecified atom stereocenters. The van der Waals surface area contributed by atoms with Gasteiger partial charge in [0.1, 0.15) is 0 Å². The molecule has 2 N–H and O–H groups in total. The lowest BCUT2D eigenvalue weighted by Gasteiger charge is -2.20. The Morgan fingerprint density at radius 3 is 2.67 bits per heavy atom. The zero-order chi connectivity index (χ0) is 13.8. The molecule has 0 amide bonds. The maximum absolute atomic E-state index is 12.4. The van der Waals surface area contributed by atoms with Crippen LogP contribution in [0.5, 0.6) is 0 Å². The maximum atomic E-state index is 12.4. The standard InChI is InChI=1S/C11H13F3N2O2/c1-7(8-3-2-4-15-5-8)16-6-9(10(17)18)11(12,13)14/h2-5,7,9,16H,6H2,1H3,(H,17,18). The van der Waals surface area contributed by atoms with E-state index in [1.165, 1.54) is 6.20 Å². The third-order valence-electron chi connectivity index (χ3n) is 2.51. The van der Waals surface area contributed by atoms with Crippen molar-refractivity contribution in [3.8, 4) is 0 Å². The molecule has 1 aromatic heterocycles. The van der Waals surface area contributed by atoms with Crippen LogP contribution in [-0.2, 0) is 4.79 Å². The smallest absolute Gasteiger partial charge is 0.403 e.